The number of ether oxygens (including phenoxy) is 1. The fourth-order valence-corrected chi connectivity index (χ4v) is 4.56. The molecule has 0 radical (unpaired) electrons. The number of rotatable bonds is 10. The molecule has 5 aromatic rings. The zero-order valence-corrected chi connectivity index (χ0v) is 23.2. The van der Waals surface area contributed by atoms with Crippen molar-refractivity contribution in [1.29, 1.82) is 0 Å². The van der Waals surface area contributed by atoms with Gasteiger partial charge >= 0.3 is 5.97 Å². The number of hydrogen-bond acceptors (Lipinski definition) is 8. The molecule has 42 heavy (non-hydrogen) atoms. The minimum atomic E-state index is -1.13. The van der Waals surface area contributed by atoms with Crippen molar-refractivity contribution in [2.75, 3.05) is 7.11 Å². The minimum Gasteiger partial charge on any atom is -0.507 e. The third kappa shape index (κ3) is 6.14. The van der Waals surface area contributed by atoms with Crippen molar-refractivity contribution < 1.29 is 24.2 Å². The molecule has 6 N–H and O–H groups in total. The third-order valence-corrected chi connectivity index (χ3v) is 6.99. The predicted molar refractivity (Wildman–Crippen MR) is 152 cm³/mol. The van der Waals surface area contributed by atoms with Crippen LogP contribution in [0.5, 0.6) is 5.75 Å². The number of hydrogen-bond donors (Lipinski definition) is 6. The zero-order valence-electron chi connectivity index (χ0n) is 23.2. The fraction of sp³-hybridized carbons (Fsp3) is 0.241. The molecule has 216 valence electrons. The van der Waals surface area contributed by atoms with Crippen LogP contribution < -0.4 is 10.6 Å². The highest BCUT2D eigenvalue weighted by atomic mass is 16.5. The van der Waals surface area contributed by atoms with Gasteiger partial charge in [-0.25, -0.2) is 19.7 Å². The quantitative estimate of drug-likeness (QED) is 0.138. The predicted octanol–water partition coefficient (Wildman–Crippen LogP) is 2.24. The van der Waals surface area contributed by atoms with Crippen LogP contribution in [0.2, 0.25) is 0 Å². The topological polar surface area (TPSA) is 191 Å². The number of nitrogens with one attached hydrogen (secondary N) is 5. The van der Waals surface area contributed by atoms with E-state index in [1.807, 2.05) is 26.0 Å². The first kappa shape index (κ1) is 28.1. The SMILES string of the molecule is COC(=O)[C@H](Cc1cnc[nH]1)NC(=O)[C@H](Cc1cnc[nH]1)NC(=O)c1cc(-c2nc3cc(C)c(C)cc3[nH]2)ccc1O. The average Bonchev–Trinajstić information content (AvgIpc) is 3.75. The number of aromatic nitrogens is 6. The van der Waals surface area contributed by atoms with Gasteiger partial charge in [0.25, 0.3) is 5.91 Å². The lowest BCUT2D eigenvalue weighted by molar-refractivity contribution is -0.145. The van der Waals surface area contributed by atoms with E-state index >= 15 is 0 Å². The van der Waals surface area contributed by atoms with Crippen LogP contribution in [0.1, 0.15) is 32.9 Å². The minimum absolute atomic E-state index is 0.0399. The van der Waals surface area contributed by atoms with Gasteiger partial charge in [0, 0.05) is 42.2 Å². The van der Waals surface area contributed by atoms with E-state index in [2.05, 4.69) is 40.5 Å². The molecule has 0 aliphatic carbocycles. The van der Waals surface area contributed by atoms with Gasteiger partial charge in [0.2, 0.25) is 5.91 Å². The lowest BCUT2D eigenvalue weighted by atomic mass is 10.1. The number of carbonyl (C=O) groups is 3. The molecule has 0 saturated heterocycles. The lowest BCUT2D eigenvalue weighted by Crippen LogP contribution is -2.53. The Kier molecular flexibility index (Phi) is 8.00. The zero-order chi connectivity index (χ0) is 29.8. The normalized spacial score (nSPS) is 12.5. The molecule has 0 aliphatic rings. The van der Waals surface area contributed by atoms with Crippen molar-refractivity contribution in [2.24, 2.45) is 0 Å². The molecule has 2 aromatic carbocycles. The summed E-state index contributed by atoms with van der Waals surface area (Å²) in [6.45, 7) is 4.02. The van der Waals surface area contributed by atoms with Crippen molar-refractivity contribution in [2.45, 2.75) is 38.8 Å². The van der Waals surface area contributed by atoms with Crippen molar-refractivity contribution in [3.8, 4) is 17.1 Å². The molecule has 0 bridgehead atoms. The second kappa shape index (κ2) is 12.0. The second-order valence-electron chi connectivity index (χ2n) is 9.94. The number of phenolic OH excluding ortho intramolecular Hbond substituents is 1. The smallest absolute Gasteiger partial charge is 0.328 e. The molecule has 3 aromatic heterocycles. The number of aromatic hydroxyl groups is 1. The number of H-pyrrole nitrogens is 3. The fourth-order valence-electron chi connectivity index (χ4n) is 4.56. The summed E-state index contributed by atoms with van der Waals surface area (Å²) in [5.41, 5.74) is 5.55. The summed E-state index contributed by atoms with van der Waals surface area (Å²) in [5.74, 6) is -1.74. The van der Waals surface area contributed by atoms with Crippen LogP contribution in [0.15, 0.2) is 55.4 Å². The Morgan fingerprint density at radius 3 is 2.24 bits per heavy atom. The van der Waals surface area contributed by atoms with Gasteiger partial charge in [0.05, 0.1) is 36.4 Å². The number of imidazole rings is 3. The number of amides is 2. The summed E-state index contributed by atoms with van der Waals surface area (Å²) >= 11 is 0. The van der Waals surface area contributed by atoms with Crippen LogP contribution in [0, 0.1) is 13.8 Å². The van der Waals surface area contributed by atoms with Crippen LogP contribution >= 0.6 is 0 Å². The largest absolute Gasteiger partial charge is 0.507 e. The van der Waals surface area contributed by atoms with E-state index in [1.165, 1.54) is 44.3 Å². The Labute approximate surface area is 240 Å². The standard InChI is InChI=1S/C29H30N8O5/c1-15-6-21-22(7-16(15)2)35-26(34-21)17-4-5-25(38)20(8-17)27(39)36-23(9-18-11-30-13-32-18)28(40)37-24(29(41)42-3)10-19-12-31-14-33-19/h4-8,11-14,23-24,38H,9-10H2,1-3H3,(H,30,32)(H,31,33)(H,34,35)(H,36,39)(H,37,40)/t23-,24-/m0/s1. The molecule has 0 saturated carbocycles. The Morgan fingerprint density at radius 1 is 0.929 bits per heavy atom. The molecule has 13 heteroatoms. The second-order valence-corrected chi connectivity index (χ2v) is 9.94. The molecule has 0 spiro atoms. The van der Waals surface area contributed by atoms with Gasteiger partial charge in [0.15, 0.2) is 0 Å². The van der Waals surface area contributed by atoms with Gasteiger partial charge in [-0.15, -0.1) is 0 Å². The number of phenols is 1. The van der Waals surface area contributed by atoms with Crippen molar-refractivity contribution in [3.05, 3.63) is 83.5 Å². The van der Waals surface area contributed by atoms with Gasteiger partial charge in [-0.3, -0.25) is 9.59 Å². The Morgan fingerprint density at radius 2 is 1.60 bits per heavy atom. The number of methoxy groups -OCH3 is 1. The van der Waals surface area contributed by atoms with Crippen molar-refractivity contribution in [3.63, 3.8) is 0 Å². The Balaban J connectivity index is 1.39. The van der Waals surface area contributed by atoms with Crippen LogP contribution in [0.4, 0.5) is 0 Å². The molecule has 0 unspecified atom stereocenters. The van der Waals surface area contributed by atoms with Crippen LogP contribution in [0.25, 0.3) is 22.4 Å². The first-order chi connectivity index (χ1) is 20.2. The highest BCUT2D eigenvalue weighted by Gasteiger charge is 2.29. The van der Waals surface area contributed by atoms with E-state index in [9.17, 15) is 19.5 Å². The summed E-state index contributed by atoms with van der Waals surface area (Å²) in [6, 6.07) is 6.36. The number of carbonyl (C=O) groups excluding carboxylic acids is 3. The summed E-state index contributed by atoms with van der Waals surface area (Å²) < 4.78 is 4.87. The van der Waals surface area contributed by atoms with E-state index in [1.54, 1.807) is 6.07 Å². The van der Waals surface area contributed by atoms with E-state index in [0.29, 0.717) is 22.8 Å². The van der Waals surface area contributed by atoms with Crippen LogP contribution in [-0.4, -0.2) is 72.0 Å². The number of esters is 1. The molecule has 0 aliphatic heterocycles. The highest BCUT2D eigenvalue weighted by Crippen LogP contribution is 2.27. The van der Waals surface area contributed by atoms with Gasteiger partial charge < -0.3 is 35.4 Å². The highest BCUT2D eigenvalue weighted by molar-refractivity contribution is 6.01. The maximum atomic E-state index is 13.5. The van der Waals surface area contributed by atoms with Gasteiger partial charge in [-0.05, 0) is 55.3 Å². The van der Waals surface area contributed by atoms with Gasteiger partial charge in [-0.1, -0.05) is 0 Å². The average molecular weight is 571 g/mol. The molecule has 2 amide bonds. The monoisotopic (exact) mass is 570 g/mol. The van der Waals surface area contributed by atoms with E-state index < -0.39 is 29.9 Å². The maximum Gasteiger partial charge on any atom is 0.328 e. The van der Waals surface area contributed by atoms with Gasteiger partial charge in [0.1, 0.15) is 23.7 Å². The van der Waals surface area contributed by atoms with Gasteiger partial charge in [-0.2, -0.15) is 0 Å². The number of benzene rings is 2. The van der Waals surface area contributed by atoms with E-state index in [0.717, 1.165) is 22.2 Å². The summed E-state index contributed by atoms with van der Waals surface area (Å²) in [4.78, 5) is 61.0. The molecule has 3 heterocycles. The lowest BCUT2D eigenvalue weighted by Gasteiger charge is -2.22. The summed E-state index contributed by atoms with van der Waals surface area (Å²) in [6.07, 6.45) is 6.11. The van der Waals surface area contributed by atoms with Crippen LogP contribution in [0.3, 0.4) is 0 Å². The maximum absolute atomic E-state index is 13.5. The molecule has 0 fully saturated rings. The Hall–Kier alpha value is -5.46. The number of nitrogens with zero attached hydrogens (tertiary/aromatic N) is 3. The Bertz CT molecular complexity index is 1690. The first-order valence-corrected chi connectivity index (χ1v) is 13.2. The number of aryl methyl sites for hydroxylation is 2. The molecule has 13 nitrogen and oxygen atoms in total. The molecular formula is C29H30N8O5. The van der Waals surface area contributed by atoms with Crippen LogP contribution in [-0.2, 0) is 27.2 Å². The summed E-state index contributed by atoms with van der Waals surface area (Å²) in [7, 11) is 1.22. The molecule has 2 atom stereocenters. The molecular weight excluding hydrogens is 540 g/mol. The van der Waals surface area contributed by atoms with E-state index in [-0.39, 0.29) is 24.2 Å². The third-order valence-electron chi connectivity index (χ3n) is 6.99. The number of fused-ring (bicyclic) bond motifs is 1. The van der Waals surface area contributed by atoms with Crippen molar-refractivity contribution in [1.82, 2.24) is 40.5 Å². The van der Waals surface area contributed by atoms with E-state index in [4.69, 9.17) is 4.74 Å². The first-order valence-electron chi connectivity index (χ1n) is 13.2. The summed E-state index contributed by atoms with van der Waals surface area (Å²) in [5, 5.41) is 15.9. The molecule has 5 rings (SSSR count). The number of aromatic amines is 3. The van der Waals surface area contributed by atoms with Crippen molar-refractivity contribution >= 4 is 28.8 Å².